The Hall–Kier alpha value is -3.79. The van der Waals surface area contributed by atoms with Crippen LogP contribution in [-0.4, -0.2) is 44.8 Å². The summed E-state index contributed by atoms with van der Waals surface area (Å²) in [6.07, 6.45) is 14.6. The van der Waals surface area contributed by atoms with E-state index >= 15 is 0 Å². The zero-order valence-corrected chi connectivity index (χ0v) is 40.3. The average Bonchev–Trinajstić information content (AvgIpc) is 4.08. The van der Waals surface area contributed by atoms with Crippen LogP contribution in [0, 0.1) is 23.7 Å². The molecule has 6 heterocycles. The number of H-pyrrole nitrogens is 2. The molecule has 10 heteroatoms. The highest BCUT2D eigenvalue weighted by atomic mass is 32.1. The van der Waals surface area contributed by atoms with Crippen molar-refractivity contribution in [3.05, 3.63) is 97.6 Å². The van der Waals surface area contributed by atoms with Crippen molar-refractivity contribution in [3.63, 3.8) is 0 Å². The lowest BCUT2D eigenvalue weighted by atomic mass is 10.0. The quantitative estimate of drug-likeness (QED) is 0.139. The van der Waals surface area contributed by atoms with Crippen LogP contribution in [0.15, 0.2) is 57.5 Å². The zero-order chi connectivity index (χ0) is 43.5. The number of aromatic nitrogens is 5. The molecule has 8 aliphatic rings. The number of thiazole rings is 1. The van der Waals surface area contributed by atoms with Gasteiger partial charge in [-0.05, 0) is 115 Å². The number of oxazole rings is 1. The molecule has 4 aromatic rings. The predicted octanol–water partition coefficient (Wildman–Crippen LogP) is 13.1. The first-order chi connectivity index (χ1) is 29.2. The smallest absolute Gasteiger partial charge is 0.181 e. The van der Waals surface area contributed by atoms with Crippen LogP contribution >= 0.6 is 11.3 Å². The van der Waals surface area contributed by atoms with Gasteiger partial charge in [0.05, 0.1) is 28.8 Å². The van der Waals surface area contributed by atoms with Crippen molar-refractivity contribution in [1.82, 2.24) is 35.8 Å². The second-order valence-corrected chi connectivity index (χ2v) is 21.1. The minimum absolute atomic E-state index is 0.576. The largest absolute Gasteiger partial charge is 0.494 e. The maximum Gasteiger partial charge on any atom is 0.181 e. The summed E-state index contributed by atoms with van der Waals surface area (Å²) in [5.74, 6) is 10.9. The lowest BCUT2D eigenvalue weighted by molar-refractivity contribution is 0.171. The summed E-state index contributed by atoms with van der Waals surface area (Å²) in [5, 5.41) is 14.0. The Kier molecular flexibility index (Phi) is 14.6. The van der Waals surface area contributed by atoms with Crippen LogP contribution < -0.4 is 10.6 Å². The number of fused-ring (bicyclic) bond motifs is 4. The van der Waals surface area contributed by atoms with Crippen molar-refractivity contribution in [2.75, 3.05) is 19.7 Å². The predicted molar refractivity (Wildman–Crippen MR) is 250 cm³/mol. The maximum atomic E-state index is 5.60. The minimum atomic E-state index is 0.576. The molecular weight excluding hydrogens is 775 g/mol. The van der Waals surface area contributed by atoms with Gasteiger partial charge in [0.15, 0.2) is 6.39 Å². The molecule has 0 saturated carbocycles. The maximum absolute atomic E-state index is 5.60. The molecule has 12 unspecified atom stereocenters. The van der Waals surface area contributed by atoms with Gasteiger partial charge in [-0.2, -0.15) is 5.10 Å². The molecule has 0 fully saturated rings. The fourth-order valence-corrected chi connectivity index (χ4v) is 12.8. The molecule has 334 valence electrons. The lowest BCUT2D eigenvalue weighted by Crippen LogP contribution is -2.27. The van der Waals surface area contributed by atoms with E-state index in [1.54, 1.807) is 17.7 Å². The molecule has 0 amide bonds. The first-order valence-corrected chi connectivity index (χ1v) is 24.7. The SMILES string of the molecule is CC1CC(C)C2=C1CCN2.CC1CC(C)C2=C1NCCO2.CC1CC(C)c2[nH]ccc21.CC1CC(C)c2[nH]ncc21.CC1CC(C)c2ocnc21.CC1CC(C)c2scnc21. The summed E-state index contributed by atoms with van der Waals surface area (Å²) < 4.78 is 10.8. The van der Waals surface area contributed by atoms with Gasteiger partial charge >= 0.3 is 0 Å². The van der Waals surface area contributed by atoms with Crippen molar-refractivity contribution in [2.24, 2.45) is 23.7 Å². The van der Waals surface area contributed by atoms with E-state index in [2.05, 4.69) is 131 Å². The van der Waals surface area contributed by atoms with Gasteiger partial charge in [0.25, 0.3) is 0 Å². The van der Waals surface area contributed by atoms with Crippen LogP contribution in [0.4, 0.5) is 0 Å². The Morgan fingerprint density at radius 2 is 1.23 bits per heavy atom. The molecule has 4 N–H and O–H groups in total. The topological polar surface area (TPSA) is 117 Å². The number of hydrogen-bond donors (Lipinski definition) is 4. The molecule has 0 aromatic carbocycles. The summed E-state index contributed by atoms with van der Waals surface area (Å²) >= 11 is 1.81. The highest BCUT2D eigenvalue weighted by Crippen LogP contribution is 2.44. The van der Waals surface area contributed by atoms with Crippen LogP contribution in [-0.2, 0) is 4.74 Å². The summed E-state index contributed by atoms with van der Waals surface area (Å²) in [4.78, 5) is 13.3. The van der Waals surface area contributed by atoms with Crippen LogP contribution in [0.25, 0.3) is 0 Å². The molecule has 6 aliphatic carbocycles. The first kappa shape index (κ1) is 45.2. The molecule has 0 saturated heterocycles. The van der Waals surface area contributed by atoms with Gasteiger partial charge in [-0.3, -0.25) is 5.10 Å². The van der Waals surface area contributed by atoms with E-state index in [0.29, 0.717) is 41.4 Å². The van der Waals surface area contributed by atoms with Crippen molar-refractivity contribution >= 4 is 11.3 Å². The van der Waals surface area contributed by atoms with Crippen molar-refractivity contribution in [3.8, 4) is 0 Å². The number of nitrogens with one attached hydrogen (secondary N) is 4. The van der Waals surface area contributed by atoms with Crippen LogP contribution in [0.3, 0.4) is 0 Å². The standard InChI is InChI=1S/C9H15NO.C9H15N.C9H13N.C8H12N2.C8H11NO.C8H11NS/c1-6-5-7(2)9-8(6)10-3-4-11-9;2*1-6-5-7(2)9-8(6)3-4-10-9;1-5-3-6(2)8-7(5)4-9-10-8;2*1-5-3-6(2)8-7(5)9-4-10-8/h6-7,10H,3-5H2,1-2H3;6-7,10H,3-5H2,1-2H3;3-4,6-7,10H,5H2,1-2H3;4-6H,3H2,1-2H3,(H,9,10);2*4-6H,3H2,1-2H3. The minimum Gasteiger partial charge on any atom is -0.494 e. The molecule has 0 bridgehead atoms. The van der Waals surface area contributed by atoms with Gasteiger partial charge < -0.3 is 24.8 Å². The van der Waals surface area contributed by atoms with Gasteiger partial charge in [0, 0.05) is 64.9 Å². The normalized spacial score (nSPS) is 32.9. The molecule has 0 radical (unpaired) electrons. The van der Waals surface area contributed by atoms with Crippen molar-refractivity contribution in [2.45, 2.75) is 175 Å². The highest BCUT2D eigenvalue weighted by molar-refractivity contribution is 7.09. The van der Waals surface area contributed by atoms with E-state index in [1.165, 1.54) is 102 Å². The number of rotatable bonds is 0. The fourth-order valence-electron chi connectivity index (χ4n) is 11.9. The third kappa shape index (κ3) is 9.89. The van der Waals surface area contributed by atoms with Gasteiger partial charge in [-0.1, -0.05) is 83.1 Å². The molecule has 2 aliphatic heterocycles. The highest BCUT2D eigenvalue weighted by Gasteiger charge is 2.33. The van der Waals surface area contributed by atoms with E-state index < -0.39 is 0 Å². The molecule has 12 atom stereocenters. The Morgan fingerprint density at radius 1 is 0.590 bits per heavy atom. The number of allylic oxidation sites excluding steroid dienone is 3. The number of ether oxygens (including phenoxy) is 1. The average molecular weight is 852 g/mol. The Bertz CT molecular complexity index is 1770. The van der Waals surface area contributed by atoms with Gasteiger partial charge in [0.2, 0.25) is 0 Å². The Labute approximate surface area is 371 Å². The molecule has 9 nitrogen and oxygen atoms in total. The van der Waals surface area contributed by atoms with E-state index in [-0.39, 0.29) is 0 Å². The van der Waals surface area contributed by atoms with E-state index in [0.717, 1.165) is 48.5 Å². The third-order valence-corrected chi connectivity index (χ3v) is 16.0. The van der Waals surface area contributed by atoms with E-state index in [4.69, 9.17) is 9.15 Å². The first-order valence-electron chi connectivity index (χ1n) is 23.9. The Morgan fingerprint density at radius 3 is 1.92 bits per heavy atom. The molecule has 4 aromatic heterocycles. The van der Waals surface area contributed by atoms with E-state index in [9.17, 15) is 0 Å². The molecule has 12 rings (SSSR count). The van der Waals surface area contributed by atoms with Crippen LogP contribution in [0.2, 0.25) is 0 Å². The third-order valence-electron chi connectivity index (χ3n) is 14.9. The van der Waals surface area contributed by atoms with E-state index in [1.807, 2.05) is 23.0 Å². The number of hydrogen-bond acceptors (Lipinski definition) is 8. The monoisotopic (exact) mass is 852 g/mol. The number of nitrogens with zero attached hydrogens (tertiary/aromatic N) is 3. The van der Waals surface area contributed by atoms with Gasteiger partial charge in [0.1, 0.15) is 18.1 Å². The van der Waals surface area contributed by atoms with Gasteiger partial charge in [-0.15, -0.1) is 11.3 Å². The number of aromatic amines is 2. The summed E-state index contributed by atoms with van der Waals surface area (Å²) in [6, 6.07) is 2.21. The second kappa shape index (κ2) is 19.7. The fraction of sp³-hybridized carbons (Fsp3) is 0.667. The summed E-state index contributed by atoms with van der Waals surface area (Å²) in [7, 11) is 0. The Balaban J connectivity index is 0.000000110. The van der Waals surface area contributed by atoms with Gasteiger partial charge in [-0.25, -0.2) is 9.97 Å². The van der Waals surface area contributed by atoms with Crippen molar-refractivity contribution in [1.29, 1.82) is 0 Å². The molecule has 61 heavy (non-hydrogen) atoms. The lowest BCUT2D eigenvalue weighted by Gasteiger charge is -2.21. The summed E-state index contributed by atoms with van der Waals surface area (Å²) in [6.45, 7) is 30.3. The zero-order valence-electron chi connectivity index (χ0n) is 39.5. The van der Waals surface area contributed by atoms with Crippen LogP contribution in [0.5, 0.6) is 0 Å². The second-order valence-electron chi connectivity index (χ2n) is 20.2. The van der Waals surface area contributed by atoms with Crippen LogP contribution in [0.1, 0.15) is 220 Å². The molecular formula is C51H77N7O2S. The summed E-state index contributed by atoms with van der Waals surface area (Å²) in [5.41, 5.74) is 14.9. The van der Waals surface area contributed by atoms with Crippen molar-refractivity contribution < 1.29 is 9.15 Å². The molecule has 0 spiro atoms.